The molecule has 1 saturated heterocycles. The highest BCUT2D eigenvalue weighted by Crippen LogP contribution is 2.39. The first kappa shape index (κ1) is 29.8. The minimum Gasteiger partial charge on any atom is -0.491 e. The van der Waals surface area contributed by atoms with Crippen LogP contribution in [0.1, 0.15) is 43.0 Å². The zero-order valence-corrected chi connectivity index (χ0v) is 21.8. The maximum absolute atomic E-state index is 13.5. The van der Waals surface area contributed by atoms with E-state index >= 15 is 0 Å². The number of aliphatic hydroxyl groups is 2. The highest BCUT2D eigenvalue weighted by Gasteiger charge is 2.40. The molecule has 214 valence electrons. The Morgan fingerprint density at radius 3 is 2.64 bits per heavy atom. The van der Waals surface area contributed by atoms with E-state index in [0.717, 1.165) is 25.1 Å². The molecule has 0 saturated carbocycles. The number of amides is 3. The van der Waals surface area contributed by atoms with E-state index in [-0.39, 0.29) is 30.3 Å². The third-order valence-electron chi connectivity index (χ3n) is 5.81. The van der Waals surface area contributed by atoms with Crippen molar-refractivity contribution in [2.45, 2.75) is 58.5 Å². The molecule has 39 heavy (non-hydrogen) atoms. The molecule has 2 aliphatic heterocycles. The van der Waals surface area contributed by atoms with Crippen molar-refractivity contribution in [3.8, 4) is 5.75 Å². The Morgan fingerprint density at radius 2 is 1.97 bits per heavy atom. The van der Waals surface area contributed by atoms with Gasteiger partial charge in [0.05, 0.1) is 18.3 Å². The molecular formula is C24H32F3N7O5. The number of alkyl halides is 3. The molecule has 3 amide bonds. The summed E-state index contributed by atoms with van der Waals surface area (Å²) in [5, 5.41) is 24.1. The van der Waals surface area contributed by atoms with Gasteiger partial charge in [0.2, 0.25) is 5.82 Å². The van der Waals surface area contributed by atoms with E-state index in [2.05, 4.69) is 30.5 Å². The number of rotatable bonds is 7. The minimum atomic E-state index is -3.67. The van der Waals surface area contributed by atoms with Crippen LogP contribution in [-0.2, 0) is 0 Å². The van der Waals surface area contributed by atoms with E-state index in [1.807, 2.05) is 20.8 Å². The topological polar surface area (TPSA) is 153 Å². The van der Waals surface area contributed by atoms with Crippen LogP contribution >= 0.6 is 0 Å². The van der Waals surface area contributed by atoms with Crippen molar-refractivity contribution in [1.29, 1.82) is 0 Å². The predicted octanol–water partition coefficient (Wildman–Crippen LogP) is 2.25. The summed E-state index contributed by atoms with van der Waals surface area (Å²) in [5.41, 5.74) is 1.39. The zero-order valence-electron chi connectivity index (χ0n) is 21.8. The number of hydrogen-bond donors (Lipinski definition) is 4. The molecule has 2 atom stereocenters. The number of pyridine rings is 1. The van der Waals surface area contributed by atoms with Crippen LogP contribution in [0.25, 0.3) is 0 Å². The molecule has 4 N–H and O–H groups in total. The lowest BCUT2D eigenvalue weighted by molar-refractivity contribution is 0.00818. The lowest BCUT2D eigenvalue weighted by atomic mass is 9.99. The molecule has 0 spiro atoms. The lowest BCUT2D eigenvalue weighted by Gasteiger charge is -2.46. The van der Waals surface area contributed by atoms with Gasteiger partial charge in [-0.2, -0.15) is 13.2 Å². The maximum Gasteiger partial charge on any atom is 0.379 e. The van der Waals surface area contributed by atoms with Crippen LogP contribution in [0.15, 0.2) is 18.3 Å². The van der Waals surface area contributed by atoms with Gasteiger partial charge in [0.1, 0.15) is 30.0 Å². The molecule has 0 aromatic carbocycles. The predicted molar refractivity (Wildman–Crippen MR) is 136 cm³/mol. The van der Waals surface area contributed by atoms with E-state index in [9.17, 15) is 27.9 Å². The number of aromatic nitrogens is 3. The highest BCUT2D eigenvalue weighted by molar-refractivity contribution is 6.04. The molecule has 0 radical (unpaired) electrons. The summed E-state index contributed by atoms with van der Waals surface area (Å²) in [5.74, 6) is 0.669. The molecule has 2 aliphatic rings. The second-order valence-electron chi connectivity index (χ2n) is 9.25. The maximum atomic E-state index is 13.5. The summed E-state index contributed by atoms with van der Waals surface area (Å²) in [6.07, 6.45) is 2.18. The smallest absolute Gasteiger partial charge is 0.379 e. The Labute approximate surface area is 223 Å². The number of hydrogen-bond acceptors (Lipinski definition) is 9. The van der Waals surface area contributed by atoms with Crippen molar-refractivity contribution < 1.29 is 37.7 Å². The molecule has 12 nitrogen and oxygen atoms in total. The van der Waals surface area contributed by atoms with Gasteiger partial charge >= 0.3 is 12.7 Å². The number of anilines is 3. The van der Waals surface area contributed by atoms with Gasteiger partial charge in [-0.3, -0.25) is 15.0 Å². The Kier molecular flexibility index (Phi) is 10.2. The third kappa shape index (κ3) is 7.89. The number of ether oxygens (including phenoxy) is 1. The Bertz CT molecular complexity index is 1150. The fourth-order valence-electron chi connectivity index (χ4n) is 4.31. The van der Waals surface area contributed by atoms with Crippen LogP contribution in [0, 0.1) is 6.92 Å². The number of urea groups is 1. The van der Waals surface area contributed by atoms with Crippen LogP contribution in [0.5, 0.6) is 5.75 Å². The van der Waals surface area contributed by atoms with Gasteiger partial charge in [0, 0.05) is 31.4 Å². The fourth-order valence-corrected chi connectivity index (χ4v) is 4.31. The van der Waals surface area contributed by atoms with Gasteiger partial charge in [0.15, 0.2) is 5.82 Å². The van der Waals surface area contributed by atoms with E-state index in [1.54, 1.807) is 11.0 Å². The molecule has 2 unspecified atom stereocenters. The van der Waals surface area contributed by atoms with E-state index in [4.69, 9.17) is 9.84 Å². The molecule has 2 aromatic heterocycles. The number of aliphatic hydroxyl groups excluding tert-OH is 2. The zero-order chi connectivity index (χ0) is 28.7. The largest absolute Gasteiger partial charge is 0.491 e. The molecule has 1 fully saturated rings. The molecule has 15 heteroatoms. The second-order valence-corrected chi connectivity index (χ2v) is 9.25. The number of carbonyl (C=O) groups excluding carboxylic acids is 2. The van der Waals surface area contributed by atoms with Crippen LogP contribution in [0.3, 0.4) is 0 Å². The van der Waals surface area contributed by atoms with Crippen molar-refractivity contribution in [3.63, 3.8) is 0 Å². The summed E-state index contributed by atoms with van der Waals surface area (Å²) in [6.45, 7) is 2.84. The number of nitrogens with one attached hydrogen (secondary N) is 2. The number of halogens is 3. The number of carbonyl (C=O) groups is 2. The third-order valence-corrected chi connectivity index (χ3v) is 5.81. The number of fused-ring (bicyclic) bond motifs is 4. The average Bonchev–Trinajstić information content (AvgIpc) is 2.86. The summed E-state index contributed by atoms with van der Waals surface area (Å²) < 4.78 is 34.5. The summed E-state index contributed by atoms with van der Waals surface area (Å²) in [6, 6.07) is 2.50. The monoisotopic (exact) mass is 555 g/mol. The van der Waals surface area contributed by atoms with Crippen molar-refractivity contribution in [2.24, 2.45) is 0 Å². The first-order valence-electron chi connectivity index (χ1n) is 12.3. The number of aryl methyl sites for hydroxylation is 1. The minimum absolute atomic E-state index is 0.0184. The van der Waals surface area contributed by atoms with Crippen molar-refractivity contribution in [3.05, 3.63) is 29.8 Å². The quantitative estimate of drug-likeness (QED) is 0.403. The lowest BCUT2D eigenvalue weighted by Crippen LogP contribution is -2.56. The number of nitrogens with zero attached hydrogens (tertiary/aromatic N) is 5. The summed E-state index contributed by atoms with van der Waals surface area (Å²) in [7, 11) is 0. The van der Waals surface area contributed by atoms with E-state index < -0.39 is 31.3 Å². The normalized spacial score (nSPS) is 16.7. The van der Waals surface area contributed by atoms with Crippen LogP contribution in [0.4, 0.5) is 35.3 Å². The van der Waals surface area contributed by atoms with Crippen LogP contribution in [0.2, 0.25) is 0 Å². The van der Waals surface area contributed by atoms with Gasteiger partial charge in [-0.15, -0.1) is 0 Å². The molecule has 4 rings (SSSR count). The van der Waals surface area contributed by atoms with Crippen molar-refractivity contribution in [1.82, 2.24) is 20.3 Å². The van der Waals surface area contributed by atoms with Crippen LogP contribution < -0.4 is 25.2 Å². The second kappa shape index (κ2) is 13.4. The first-order chi connectivity index (χ1) is 18.5. The first-order valence-corrected chi connectivity index (χ1v) is 12.3. The van der Waals surface area contributed by atoms with E-state index in [0.29, 0.717) is 23.8 Å². The molecular weight excluding hydrogens is 523 g/mol. The Hall–Kier alpha value is -3.72. The van der Waals surface area contributed by atoms with E-state index in [1.165, 1.54) is 12.3 Å². The average molecular weight is 556 g/mol. The van der Waals surface area contributed by atoms with Gasteiger partial charge < -0.3 is 25.2 Å². The standard InChI is InChI=1S/C23H31N7O5.CHF3/c1-13(2)25-22(33)20-26-14(3)19-21(28-20)30(15-5-4-8-29(19)10-15)23(34)27-18-9-17(6-7-24-18)35-12-16(32)11-31;2-1(3)4/h6-7,9,13,15-16,31-32H,4-5,8,10-12H2,1-3H3,(H,25,33)(H,24,27,34);1H. The SMILES string of the molecule is Cc1nc(C(=O)NC(C)C)nc2c1N1CCCC(C1)N2C(=O)Nc1cc(OCC(O)CO)ccn1.FC(F)F. The highest BCUT2D eigenvalue weighted by atomic mass is 19.4. The Balaban J connectivity index is 0.000000983. The molecule has 4 heterocycles. The van der Waals surface area contributed by atoms with Gasteiger partial charge in [0.25, 0.3) is 5.91 Å². The number of piperidine rings is 1. The summed E-state index contributed by atoms with van der Waals surface area (Å²) in [4.78, 5) is 43.1. The van der Waals surface area contributed by atoms with Gasteiger partial charge in [-0.05, 0) is 39.7 Å². The van der Waals surface area contributed by atoms with Gasteiger partial charge in [-0.25, -0.2) is 19.7 Å². The van der Waals surface area contributed by atoms with Gasteiger partial charge in [-0.1, -0.05) is 0 Å². The summed E-state index contributed by atoms with van der Waals surface area (Å²) >= 11 is 0. The molecule has 0 aliphatic carbocycles. The molecule has 2 bridgehead atoms. The fraction of sp³-hybridized carbons (Fsp3) is 0.542. The van der Waals surface area contributed by atoms with Crippen LogP contribution in [-0.4, -0.2) is 88.3 Å². The van der Waals surface area contributed by atoms with Crippen molar-refractivity contribution in [2.75, 3.05) is 41.4 Å². The molecule has 2 aromatic rings. The van der Waals surface area contributed by atoms with Crippen molar-refractivity contribution >= 4 is 29.3 Å². The Morgan fingerprint density at radius 1 is 1.26 bits per heavy atom.